The van der Waals surface area contributed by atoms with Gasteiger partial charge >= 0.3 is 0 Å². The number of pyridine rings is 1. The molecule has 1 saturated heterocycles. The minimum atomic E-state index is -0.767. The summed E-state index contributed by atoms with van der Waals surface area (Å²) in [5.41, 5.74) is 1.73. The van der Waals surface area contributed by atoms with Crippen molar-refractivity contribution in [3.8, 4) is 5.75 Å². The number of ether oxygens (including phenoxy) is 1. The smallest absolute Gasteiger partial charge is 0.300 e. The Morgan fingerprint density at radius 1 is 1.00 bits per heavy atom. The first-order valence-electron chi connectivity index (χ1n) is 9.61. The highest BCUT2D eigenvalue weighted by Crippen LogP contribution is 2.42. The fourth-order valence-electron chi connectivity index (χ4n) is 3.58. The van der Waals surface area contributed by atoms with Gasteiger partial charge in [0.1, 0.15) is 11.5 Å². The number of nitrogens with zero attached hydrogens (tertiary/aromatic N) is 2. The van der Waals surface area contributed by atoms with Gasteiger partial charge in [0.05, 0.1) is 18.2 Å². The van der Waals surface area contributed by atoms with Gasteiger partial charge in [0.25, 0.3) is 11.7 Å². The molecule has 0 bridgehead atoms. The summed E-state index contributed by atoms with van der Waals surface area (Å²) in [5, 5.41) is 11.0. The Balaban J connectivity index is 1.90. The van der Waals surface area contributed by atoms with E-state index in [-0.39, 0.29) is 11.3 Å². The molecular weight excluding hydrogens is 380 g/mol. The lowest BCUT2D eigenvalue weighted by Gasteiger charge is -2.25. The van der Waals surface area contributed by atoms with Crippen LogP contribution in [0.5, 0.6) is 5.75 Å². The van der Waals surface area contributed by atoms with E-state index in [0.717, 1.165) is 0 Å². The van der Waals surface area contributed by atoms with Crippen LogP contribution in [0.25, 0.3) is 5.76 Å². The van der Waals surface area contributed by atoms with Crippen molar-refractivity contribution in [2.24, 2.45) is 0 Å². The molecule has 1 aromatic heterocycles. The molecule has 0 saturated carbocycles. The van der Waals surface area contributed by atoms with Gasteiger partial charge in [0.2, 0.25) is 0 Å². The normalized spacial score (nSPS) is 17.9. The molecule has 0 spiro atoms. The number of aliphatic hydroxyl groups is 1. The van der Waals surface area contributed by atoms with Gasteiger partial charge in [0.15, 0.2) is 0 Å². The van der Waals surface area contributed by atoms with Crippen LogP contribution in [0.15, 0.2) is 84.7 Å². The van der Waals surface area contributed by atoms with E-state index < -0.39 is 17.7 Å². The largest absolute Gasteiger partial charge is 0.507 e. The third kappa shape index (κ3) is 3.43. The van der Waals surface area contributed by atoms with Gasteiger partial charge in [0, 0.05) is 23.6 Å². The highest BCUT2D eigenvalue weighted by Gasteiger charge is 2.46. The maximum Gasteiger partial charge on any atom is 0.300 e. The minimum Gasteiger partial charge on any atom is -0.507 e. The first-order chi connectivity index (χ1) is 14.6. The second-order valence-corrected chi connectivity index (χ2v) is 6.74. The molecule has 1 atom stereocenters. The van der Waals surface area contributed by atoms with Crippen molar-refractivity contribution >= 4 is 23.1 Å². The molecule has 0 radical (unpaired) electrons. The van der Waals surface area contributed by atoms with Crippen molar-refractivity contribution in [2.45, 2.75) is 13.0 Å². The number of Topliss-reactive ketones (excluding diaryl/α,β-unsaturated/α-hetero) is 1. The van der Waals surface area contributed by atoms with Gasteiger partial charge in [-0.3, -0.25) is 19.5 Å². The molecule has 1 fully saturated rings. The monoisotopic (exact) mass is 400 g/mol. The molecule has 3 aromatic rings. The average molecular weight is 400 g/mol. The summed E-state index contributed by atoms with van der Waals surface area (Å²) in [4.78, 5) is 31.4. The third-order valence-corrected chi connectivity index (χ3v) is 4.94. The lowest BCUT2D eigenvalue weighted by Crippen LogP contribution is -2.29. The van der Waals surface area contributed by atoms with Crippen LogP contribution in [0, 0.1) is 0 Å². The van der Waals surface area contributed by atoms with Gasteiger partial charge in [-0.2, -0.15) is 0 Å². The van der Waals surface area contributed by atoms with Crippen LogP contribution in [0.4, 0.5) is 5.69 Å². The number of hydrogen-bond acceptors (Lipinski definition) is 5. The molecule has 1 unspecified atom stereocenters. The molecule has 1 N–H and O–H groups in total. The van der Waals surface area contributed by atoms with Crippen LogP contribution in [0.2, 0.25) is 0 Å². The number of para-hydroxylation sites is 1. The summed E-state index contributed by atoms with van der Waals surface area (Å²) >= 11 is 0. The number of rotatable bonds is 5. The molecule has 4 rings (SSSR count). The molecule has 2 aromatic carbocycles. The number of ketones is 1. The molecule has 6 heteroatoms. The lowest BCUT2D eigenvalue weighted by atomic mass is 9.95. The Bertz CT molecular complexity index is 1090. The molecule has 1 amide bonds. The van der Waals surface area contributed by atoms with Gasteiger partial charge in [-0.15, -0.1) is 0 Å². The highest BCUT2D eigenvalue weighted by atomic mass is 16.5. The van der Waals surface area contributed by atoms with Crippen LogP contribution in [-0.4, -0.2) is 28.4 Å². The van der Waals surface area contributed by atoms with Gasteiger partial charge < -0.3 is 9.84 Å². The van der Waals surface area contributed by atoms with E-state index in [2.05, 4.69) is 4.98 Å². The minimum absolute atomic E-state index is 0.0409. The second-order valence-electron chi connectivity index (χ2n) is 6.74. The van der Waals surface area contributed by atoms with Crippen molar-refractivity contribution < 1.29 is 19.4 Å². The van der Waals surface area contributed by atoms with E-state index in [1.54, 1.807) is 60.7 Å². The predicted octanol–water partition coefficient (Wildman–Crippen LogP) is 4.11. The standard InChI is InChI=1S/C24H20N2O4/c1-2-30-19-10-8-16(9-11-19)21-20(22(27)17-12-14-25-15-13-17)23(28)24(29)26(21)18-6-4-3-5-7-18/h3-15,21,27H,2H2,1H3/b22-20-. The summed E-state index contributed by atoms with van der Waals surface area (Å²) in [6.45, 7) is 2.43. The van der Waals surface area contributed by atoms with Crippen LogP contribution in [-0.2, 0) is 9.59 Å². The average Bonchev–Trinajstić information content (AvgIpc) is 3.06. The first-order valence-corrected chi connectivity index (χ1v) is 9.61. The Morgan fingerprint density at radius 3 is 2.30 bits per heavy atom. The number of carbonyl (C=O) groups excluding carboxylic acids is 2. The van der Waals surface area contributed by atoms with Crippen molar-refractivity contribution in [1.82, 2.24) is 4.98 Å². The molecule has 30 heavy (non-hydrogen) atoms. The number of amides is 1. The number of benzene rings is 2. The number of aromatic nitrogens is 1. The lowest BCUT2D eigenvalue weighted by molar-refractivity contribution is -0.132. The van der Waals surface area contributed by atoms with E-state index in [1.165, 1.54) is 17.3 Å². The van der Waals surface area contributed by atoms with Gasteiger partial charge in [-0.1, -0.05) is 30.3 Å². The Morgan fingerprint density at radius 2 is 1.67 bits per heavy atom. The van der Waals surface area contributed by atoms with E-state index in [9.17, 15) is 14.7 Å². The zero-order valence-corrected chi connectivity index (χ0v) is 16.4. The fourth-order valence-corrected chi connectivity index (χ4v) is 3.58. The van der Waals surface area contributed by atoms with Crippen LogP contribution in [0.1, 0.15) is 24.1 Å². The summed E-state index contributed by atoms with van der Waals surface area (Å²) in [6.07, 6.45) is 3.04. The van der Waals surface area contributed by atoms with Crippen LogP contribution >= 0.6 is 0 Å². The van der Waals surface area contributed by atoms with Crippen molar-refractivity contribution in [3.63, 3.8) is 0 Å². The van der Waals surface area contributed by atoms with Crippen LogP contribution < -0.4 is 9.64 Å². The number of carbonyl (C=O) groups is 2. The van der Waals surface area contributed by atoms with Crippen LogP contribution in [0.3, 0.4) is 0 Å². The summed E-state index contributed by atoms with van der Waals surface area (Å²) < 4.78 is 5.51. The summed E-state index contributed by atoms with van der Waals surface area (Å²) in [6, 6.07) is 18.6. The topological polar surface area (TPSA) is 79.7 Å². The number of anilines is 1. The Hall–Kier alpha value is -3.93. The first kappa shape index (κ1) is 19.4. The molecule has 1 aliphatic heterocycles. The van der Waals surface area contributed by atoms with E-state index in [1.807, 2.05) is 13.0 Å². The molecule has 150 valence electrons. The van der Waals surface area contributed by atoms with Crippen molar-refractivity contribution in [3.05, 3.63) is 95.8 Å². The molecular formula is C24H20N2O4. The van der Waals surface area contributed by atoms with Crippen molar-refractivity contribution in [2.75, 3.05) is 11.5 Å². The zero-order chi connectivity index (χ0) is 21.1. The van der Waals surface area contributed by atoms with E-state index in [4.69, 9.17) is 4.74 Å². The molecule has 2 heterocycles. The summed E-state index contributed by atoms with van der Waals surface area (Å²) in [7, 11) is 0. The second kappa shape index (κ2) is 8.21. The number of hydrogen-bond donors (Lipinski definition) is 1. The maximum absolute atomic E-state index is 13.0. The fraction of sp³-hybridized carbons (Fsp3) is 0.125. The molecule has 0 aliphatic carbocycles. The molecule has 1 aliphatic rings. The zero-order valence-electron chi connectivity index (χ0n) is 16.4. The SMILES string of the molecule is CCOc1ccc(C2/C(=C(/O)c3ccncc3)C(=O)C(=O)N2c2ccccc2)cc1. The maximum atomic E-state index is 13.0. The van der Waals surface area contributed by atoms with Gasteiger partial charge in [-0.05, 0) is 48.9 Å². The quantitative estimate of drug-likeness (QED) is 0.396. The molecule has 6 nitrogen and oxygen atoms in total. The summed E-state index contributed by atoms with van der Waals surface area (Å²) in [5.74, 6) is -0.956. The Labute approximate surface area is 174 Å². The van der Waals surface area contributed by atoms with Gasteiger partial charge in [-0.25, -0.2) is 0 Å². The Kier molecular flexibility index (Phi) is 5.30. The predicted molar refractivity (Wildman–Crippen MR) is 113 cm³/mol. The highest BCUT2D eigenvalue weighted by molar-refractivity contribution is 6.51. The number of aliphatic hydroxyl groups excluding tert-OH is 1. The van der Waals surface area contributed by atoms with E-state index >= 15 is 0 Å². The van der Waals surface area contributed by atoms with Crippen molar-refractivity contribution in [1.29, 1.82) is 0 Å². The van der Waals surface area contributed by atoms with E-state index in [0.29, 0.717) is 29.2 Å². The third-order valence-electron chi connectivity index (χ3n) is 4.94.